The van der Waals surface area contributed by atoms with Gasteiger partial charge in [-0.25, -0.2) is 13.6 Å². The normalized spacial score (nSPS) is 22.9. The van der Waals surface area contributed by atoms with Crippen LogP contribution in [0.25, 0.3) is 0 Å². The van der Waals surface area contributed by atoms with Crippen LogP contribution >= 0.6 is 0 Å². The van der Waals surface area contributed by atoms with E-state index in [1.807, 2.05) is 0 Å². The molecule has 5 nitrogen and oxygen atoms in total. The van der Waals surface area contributed by atoms with E-state index in [9.17, 15) is 18.4 Å². The minimum Gasteiger partial charge on any atom is -0.331 e. The Kier molecular flexibility index (Phi) is 3.64. The number of carbonyl (C=O) groups is 2. The molecule has 2 aliphatic rings. The molecule has 2 aliphatic heterocycles. The number of hydrogen-bond donors (Lipinski definition) is 0. The van der Waals surface area contributed by atoms with Crippen LogP contribution in [0.1, 0.15) is 12.8 Å². The smallest absolute Gasteiger partial charge is 0.319 e. The van der Waals surface area contributed by atoms with Crippen LogP contribution in [0, 0.1) is 5.92 Å². The first-order valence-corrected chi connectivity index (χ1v) is 6.43. The van der Waals surface area contributed by atoms with Gasteiger partial charge in [0.15, 0.2) is 0 Å². The second-order valence-corrected chi connectivity index (χ2v) is 5.49. The zero-order valence-electron chi connectivity index (χ0n) is 11.2. The molecule has 0 unspecified atom stereocenters. The molecule has 0 N–H and O–H groups in total. The van der Waals surface area contributed by atoms with Crippen LogP contribution in [-0.2, 0) is 4.79 Å². The highest BCUT2D eigenvalue weighted by atomic mass is 19.3. The van der Waals surface area contributed by atoms with Gasteiger partial charge >= 0.3 is 6.03 Å². The van der Waals surface area contributed by atoms with E-state index >= 15 is 0 Å². The van der Waals surface area contributed by atoms with E-state index in [0.29, 0.717) is 25.9 Å². The van der Waals surface area contributed by atoms with Crippen LogP contribution in [0.15, 0.2) is 0 Å². The number of amides is 3. The lowest BCUT2D eigenvalue weighted by Gasteiger charge is -2.42. The summed E-state index contributed by atoms with van der Waals surface area (Å²) in [6.07, 6.45) is 1.11. The van der Waals surface area contributed by atoms with E-state index in [1.54, 1.807) is 19.0 Å². The molecule has 0 aromatic heterocycles. The minimum absolute atomic E-state index is 0.0682. The molecule has 0 saturated carbocycles. The van der Waals surface area contributed by atoms with Crippen molar-refractivity contribution in [3.05, 3.63) is 0 Å². The maximum Gasteiger partial charge on any atom is 0.319 e. The number of likely N-dealkylation sites (tertiary alicyclic amines) is 2. The summed E-state index contributed by atoms with van der Waals surface area (Å²) in [5, 5.41) is 0. The Morgan fingerprint density at radius 1 is 1.11 bits per heavy atom. The highest BCUT2D eigenvalue weighted by molar-refractivity contribution is 5.80. The van der Waals surface area contributed by atoms with Gasteiger partial charge in [0, 0.05) is 33.1 Å². The van der Waals surface area contributed by atoms with Crippen LogP contribution in [0.5, 0.6) is 0 Å². The van der Waals surface area contributed by atoms with Crippen molar-refractivity contribution in [3.8, 4) is 0 Å². The Morgan fingerprint density at radius 3 is 2.05 bits per heavy atom. The maximum atomic E-state index is 12.7. The Morgan fingerprint density at radius 2 is 1.63 bits per heavy atom. The third-order valence-corrected chi connectivity index (χ3v) is 3.65. The molecule has 0 aliphatic carbocycles. The van der Waals surface area contributed by atoms with Gasteiger partial charge < -0.3 is 14.7 Å². The molecule has 0 aromatic rings. The van der Waals surface area contributed by atoms with Crippen molar-refractivity contribution in [3.63, 3.8) is 0 Å². The van der Waals surface area contributed by atoms with Crippen molar-refractivity contribution < 1.29 is 18.4 Å². The molecule has 0 spiro atoms. The summed E-state index contributed by atoms with van der Waals surface area (Å²) in [7, 11) is 3.36. The molecule has 2 rings (SSSR count). The highest BCUT2D eigenvalue weighted by Crippen LogP contribution is 2.30. The lowest BCUT2D eigenvalue weighted by Crippen LogP contribution is -2.60. The standard InChI is InChI=1S/C12H19F2N3O2/c1-15(2)11(19)16-5-3-9(4-6-16)10(18)17-7-12(13,14)8-17/h9H,3-8H2,1-2H3. The number of urea groups is 1. The molecule has 2 fully saturated rings. The molecule has 108 valence electrons. The van der Waals surface area contributed by atoms with E-state index in [1.165, 1.54) is 9.80 Å². The molecule has 0 bridgehead atoms. The van der Waals surface area contributed by atoms with Gasteiger partial charge in [0.05, 0.1) is 13.1 Å². The van der Waals surface area contributed by atoms with Crippen LogP contribution in [0.2, 0.25) is 0 Å². The quantitative estimate of drug-likeness (QED) is 0.712. The van der Waals surface area contributed by atoms with E-state index in [2.05, 4.69) is 0 Å². The second kappa shape index (κ2) is 4.94. The lowest BCUT2D eigenvalue weighted by molar-refractivity contribution is -0.170. The first-order valence-electron chi connectivity index (χ1n) is 6.43. The third kappa shape index (κ3) is 2.96. The molecule has 0 atom stereocenters. The van der Waals surface area contributed by atoms with Crippen LogP contribution in [0.4, 0.5) is 13.6 Å². The number of carbonyl (C=O) groups excluding carboxylic acids is 2. The fourth-order valence-corrected chi connectivity index (χ4v) is 2.53. The van der Waals surface area contributed by atoms with Gasteiger partial charge in [0.25, 0.3) is 5.92 Å². The van der Waals surface area contributed by atoms with Gasteiger partial charge in [-0.15, -0.1) is 0 Å². The monoisotopic (exact) mass is 275 g/mol. The molecular weight excluding hydrogens is 256 g/mol. The predicted molar refractivity (Wildman–Crippen MR) is 64.9 cm³/mol. The van der Waals surface area contributed by atoms with Crippen molar-refractivity contribution in [2.45, 2.75) is 18.8 Å². The zero-order chi connectivity index (χ0) is 14.2. The molecule has 0 radical (unpaired) electrons. The fraction of sp³-hybridized carbons (Fsp3) is 0.833. The Hall–Kier alpha value is -1.40. The average Bonchev–Trinajstić information content (AvgIpc) is 2.34. The summed E-state index contributed by atoms with van der Waals surface area (Å²) in [6, 6.07) is -0.0682. The Bertz CT molecular complexity index is 371. The van der Waals surface area contributed by atoms with E-state index < -0.39 is 19.0 Å². The van der Waals surface area contributed by atoms with E-state index in [4.69, 9.17) is 0 Å². The average molecular weight is 275 g/mol. The largest absolute Gasteiger partial charge is 0.331 e. The molecule has 3 amide bonds. The number of rotatable bonds is 1. The zero-order valence-corrected chi connectivity index (χ0v) is 11.2. The maximum absolute atomic E-state index is 12.7. The first kappa shape index (κ1) is 14.0. The number of hydrogen-bond acceptors (Lipinski definition) is 2. The van der Waals surface area contributed by atoms with Crippen LogP contribution in [-0.4, -0.2) is 72.8 Å². The van der Waals surface area contributed by atoms with Crippen molar-refractivity contribution in [2.75, 3.05) is 40.3 Å². The van der Waals surface area contributed by atoms with Crippen LogP contribution in [0.3, 0.4) is 0 Å². The molecule has 0 aromatic carbocycles. The molecule has 2 heterocycles. The molecular formula is C12H19F2N3O2. The number of piperidine rings is 1. The number of nitrogens with zero attached hydrogens (tertiary/aromatic N) is 3. The summed E-state index contributed by atoms with van der Waals surface area (Å²) < 4.78 is 25.4. The summed E-state index contributed by atoms with van der Waals surface area (Å²) in [4.78, 5) is 28.1. The van der Waals surface area contributed by atoms with Crippen molar-refractivity contribution in [2.24, 2.45) is 5.92 Å². The summed E-state index contributed by atoms with van der Waals surface area (Å²) in [5.74, 6) is -3.12. The van der Waals surface area contributed by atoms with Crippen molar-refractivity contribution in [1.29, 1.82) is 0 Å². The van der Waals surface area contributed by atoms with Gasteiger partial charge in [-0.05, 0) is 12.8 Å². The van der Waals surface area contributed by atoms with E-state index in [0.717, 1.165) is 0 Å². The van der Waals surface area contributed by atoms with Gasteiger partial charge in [0.1, 0.15) is 0 Å². The van der Waals surface area contributed by atoms with Gasteiger partial charge in [-0.2, -0.15) is 0 Å². The lowest BCUT2D eigenvalue weighted by atomic mass is 9.93. The summed E-state index contributed by atoms with van der Waals surface area (Å²) >= 11 is 0. The highest BCUT2D eigenvalue weighted by Gasteiger charge is 2.47. The predicted octanol–water partition coefficient (Wildman–Crippen LogP) is 0.857. The molecule has 19 heavy (non-hydrogen) atoms. The van der Waals surface area contributed by atoms with E-state index in [-0.39, 0.29) is 17.9 Å². The molecule has 7 heteroatoms. The van der Waals surface area contributed by atoms with Crippen molar-refractivity contribution in [1.82, 2.24) is 14.7 Å². The van der Waals surface area contributed by atoms with Gasteiger partial charge in [0.2, 0.25) is 5.91 Å². The molecule has 2 saturated heterocycles. The first-order chi connectivity index (χ1) is 8.80. The fourth-order valence-electron chi connectivity index (χ4n) is 2.53. The summed E-state index contributed by atoms with van der Waals surface area (Å²) in [6.45, 7) is 0.112. The number of halogens is 2. The minimum atomic E-state index is -2.71. The third-order valence-electron chi connectivity index (χ3n) is 3.65. The Labute approximate surface area is 111 Å². The van der Waals surface area contributed by atoms with Crippen LogP contribution < -0.4 is 0 Å². The topological polar surface area (TPSA) is 43.9 Å². The Balaban J connectivity index is 1.80. The van der Waals surface area contributed by atoms with Crippen molar-refractivity contribution >= 4 is 11.9 Å². The van der Waals surface area contributed by atoms with Gasteiger partial charge in [-0.3, -0.25) is 4.79 Å². The summed E-state index contributed by atoms with van der Waals surface area (Å²) in [5.41, 5.74) is 0. The SMILES string of the molecule is CN(C)C(=O)N1CCC(C(=O)N2CC(F)(F)C2)CC1. The second-order valence-electron chi connectivity index (χ2n) is 5.49. The number of alkyl halides is 2. The van der Waals surface area contributed by atoms with Gasteiger partial charge in [-0.1, -0.05) is 0 Å².